The molecule has 0 spiro atoms. The van der Waals surface area contributed by atoms with Gasteiger partial charge in [0.25, 0.3) is 0 Å². The van der Waals surface area contributed by atoms with Crippen LogP contribution in [-0.4, -0.2) is 55.7 Å². The van der Waals surface area contributed by atoms with Gasteiger partial charge in [-0.1, -0.05) is 18.2 Å². The lowest BCUT2D eigenvalue weighted by Crippen LogP contribution is -2.37. The number of sulfone groups is 1. The lowest BCUT2D eigenvalue weighted by Gasteiger charge is -2.26. The molecule has 1 aromatic carbocycles. The molecule has 22 heavy (non-hydrogen) atoms. The molecule has 0 N–H and O–H groups in total. The van der Waals surface area contributed by atoms with Crippen LogP contribution in [0.2, 0.25) is 0 Å². The maximum atomic E-state index is 12.1. The highest BCUT2D eigenvalue weighted by Crippen LogP contribution is 2.39. The summed E-state index contributed by atoms with van der Waals surface area (Å²) in [5.74, 6) is 0.939. The molecule has 0 unspecified atom stereocenters. The molecular weight excluding hydrogens is 320 g/mol. The number of anilines is 1. The van der Waals surface area contributed by atoms with E-state index in [1.165, 1.54) is 0 Å². The molecule has 118 valence electrons. The zero-order chi connectivity index (χ0) is 15.9. The zero-order valence-corrected chi connectivity index (χ0v) is 13.9. The smallest absolute Gasteiger partial charge is 0.177 e. The number of nitrogens with zero attached hydrogens (tertiary/aromatic N) is 2. The van der Waals surface area contributed by atoms with Gasteiger partial charge in [0.2, 0.25) is 0 Å². The largest absolute Gasteiger partial charge is 0.495 e. The number of benzene rings is 1. The van der Waals surface area contributed by atoms with Gasteiger partial charge in [0.1, 0.15) is 5.75 Å². The van der Waals surface area contributed by atoms with Gasteiger partial charge < -0.3 is 14.5 Å². The third-order valence-electron chi connectivity index (χ3n) is 4.15. The summed E-state index contributed by atoms with van der Waals surface area (Å²) in [4.78, 5) is 3.87. The van der Waals surface area contributed by atoms with Gasteiger partial charge in [0.05, 0.1) is 36.4 Å². The highest BCUT2D eigenvalue weighted by molar-refractivity contribution is 7.91. The molecule has 0 aliphatic carbocycles. The summed E-state index contributed by atoms with van der Waals surface area (Å²) >= 11 is 5.60. The molecule has 0 bridgehead atoms. The molecule has 1 aromatic rings. The van der Waals surface area contributed by atoms with Crippen LogP contribution in [-0.2, 0) is 9.84 Å². The van der Waals surface area contributed by atoms with E-state index < -0.39 is 9.84 Å². The maximum absolute atomic E-state index is 12.1. The second-order valence-corrected chi connectivity index (χ2v) is 8.00. The van der Waals surface area contributed by atoms with E-state index >= 15 is 0 Å². The van der Waals surface area contributed by atoms with Crippen molar-refractivity contribution in [3.8, 4) is 5.75 Å². The number of ether oxygens (including phenoxy) is 1. The van der Waals surface area contributed by atoms with E-state index in [1.807, 2.05) is 34.1 Å². The summed E-state index contributed by atoms with van der Waals surface area (Å²) < 4.78 is 29.6. The molecule has 2 saturated heterocycles. The monoisotopic (exact) mass is 338 g/mol. The van der Waals surface area contributed by atoms with Crippen molar-refractivity contribution in [3.63, 3.8) is 0 Å². The highest BCUT2D eigenvalue weighted by Gasteiger charge is 2.52. The summed E-state index contributed by atoms with van der Waals surface area (Å²) in [6.07, 6.45) is 1.75. The first-order valence-corrected chi connectivity index (χ1v) is 9.25. The average Bonchev–Trinajstić information content (AvgIpc) is 2.91. The van der Waals surface area contributed by atoms with E-state index in [9.17, 15) is 8.42 Å². The summed E-state index contributed by atoms with van der Waals surface area (Å²) in [6.45, 7) is 4.29. The fraction of sp³-hybridized carbons (Fsp3) is 0.400. The van der Waals surface area contributed by atoms with E-state index in [1.54, 1.807) is 13.2 Å². The van der Waals surface area contributed by atoms with Crippen molar-refractivity contribution < 1.29 is 13.2 Å². The summed E-state index contributed by atoms with van der Waals surface area (Å²) in [6, 6.07) is 7.24. The number of rotatable bonds is 4. The third kappa shape index (κ3) is 2.38. The Bertz CT molecular complexity index is 717. The highest BCUT2D eigenvalue weighted by atomic mass is 32.2. The predicted octanol–water partition coefficient (Wildman–Crippen LogP) is 1.45. The Morgan fingerprint density at radius 3 is 2.73 bits per heavy atom. The number of fused-ring (bicyclic) bond motifs is 1. The molecule has 3 rings (SSSR count). The van der Waals surface area contributed by atoms with Crippen molar-refractivity contribution >= 4 is 32.9 Å². The maximum Gasteiger partial charge on any atom is 0.177 e. The van der Waals surface area contributed by atoms with Crippen molar-refractivity contribution in [2.45, 2.75) is 12.1 Å². The number of hydrogen-bond donors (Lipinski definition) is 0. The molecule has 2 fully saturated rings. The first-order chi connectivity index (χ1) is 10.5. The number of methoxy groups -OCH3 is 1. The van der Waals surface area contributed by atoms with Gasteiger partial charge in [-0.25, -0.2) is 8.42 Å². The van der Waals surface area contributed by atoms with E-state index in [2.05, 4.69) is 6.58 Å². The minimum atomic E-state index is -3.06. The molecule has 2 atom stereocenters. The van der Waals surface area contributed by atoms with Crippen molar-refractivity contribution in [3.05, 3.63) is 36.9 Å². The summed E-state index contributed by atoms with van der Waals surface area (Å²) in [7, 11) is -1.46. The van der Waals surface area contributed by atoms with E-state index in [-0.39, 0.29) is 23.6 Å². The number of thiocarbonyl (C=S) groups is 1. The Kier molecular flexibility index (Phi) is 3.86. The topological polar surface area (TPSA) is 49.9 Å². The Labute approximate surface area is 136 Å². The van der Waals surface area contributed by atoms with Gasteiger partial charge >= 0.3 is 0 Å². The van der Waals surface area contributed by atoms with Crippen LogP contribution in [0.1, 0.15) is 0 Å². The Morgan fingerprint density at radius 1 is 1.36 bits per heavy atom. The number of para-hydroxylation sites is 2. The van der Waals surface area contributed by atoms with Gasteiger partial charge in [0, 0.05) is 6.54 Å². The standard InChI is InChI=1S/C15H18N2O3S2/c1-3-8-16-12-9-22(18,19)10-13(12)17(15(16)21)11-6-4-5-7-14(11)20-2/h3-7,12-13H,1,8-10H2,2H3/t12-,13-/m0/s1. The van der Waals surface area contributed by atoms with E-state index in [0.29, 0.717) is 17.4 Å². The second kappa shape index (κ2) is 5.55. The molecule has 5 nitrogen and oxygen atoms in total. The first kappa shape index (κ1) is 15.3. The fourth-order valence-electron chi connectivity index (χ4n) is 3.24. The van der Waals surface area contributed by atoms with E-state index in [4.69, 9.17) is 17.0 Å². The first-order valence-electron chi connectivity index (χ1n) is 7.02. The van der Waals surface area contributed by atoms with Crippen molar-refractivity contribution in [1.82, 2.24) is 4.90 Å². The van der Waals surface area contributed by atoms with Crippen molar-refractivity contribution in [2.24, 2.45) is 0 Å². The third-order valence-corrected chi connectivity index (χ3v) is 6.28. The van der Waals surface area contributed by atoms with Gasteiger partial charge in [-0.15, -0.1) is 6.58 Å². The van der Waals surface area contributed by atoms with E-state index in [0.717, 1.165) is 5.69 Å². The Balaban J connectivity index is 2.06. The molecular formula is C15H18N2O3S2. The minimum absolute atomic E-state index is 0.115. The van der Waals surface area contributed by atoms with Gasteiger partial charge in [-0.3, -0.25) is 0 Å². The SMILES string of the molecule is C=CCN1C(=S)N(c2ccccc2OC)[C@H]2CS(=O)(=O)C[C@@H]21. The summed E-state index contributed by atoms with van der Waals surface area (Å²) in [5.41, 5.74) is 0.814. The molecule has 2 aliphatic heterocycles. The quantitative estimate of drug-likeness (QED) is 0.612. The van der Waals surface area contributed by atoms with Gasteiger partial charge in [-0.05, 0) is 24.4 Å². The van der Waals surface area contributed by atoms with Gasteiger partial charge in [-0.2, -0.15) is 0 Å². The van der Waals surface area contributed by atoms with Crippen LogP contribution in [0.5, 0.6) is 5.75 Å². The lowest BCUT2D eigenvalue weighted by molar-refractivity contribution is 0.388. The van der Waals surface area contributed by atoms with Crippen LogP contribution < -0.4 is 9.64 Å². The van der Waals surface area contributed by atoms with Crippen molar-refractivity contribution in [1.29, 1.82) is 0 Å². The average molecular weight is 338 g/mol. The zero-order valence-electron chi connectivity index (χ0n) is 12.3. The van der Waals surface area contributed by atoms with Crippen LogP contribution >= 0.6 is 12.2 Å². The van der Waals surface area contributed by atoms with Crippen LogP contribution in [0.25, 0.3) is 0 Å². The molecule has 0 saturated carbocycles. The van der Waals surface area contributed by atoms with Crippen LogP contribution in [0.15, 0.2) is 36.9 Å². The van der Waals surface area contributed by atoms with Crippen LogP contribution in [0.4, 0.5) is 5.69 Å². The fourth-order valence-corrected chi connectivity index (χ4v) is 5.63. The Hall–Kier alpha value is -1.60. The normalized spacial score (nSPS) is 26.1. The molecule has 0 radical (unpaired) electrons. The molecule has 2 heterocycles. The van der Waals surface area contributed by atoms with Crippen LogP contribution in [0, 0.1) is 0 Å². The molecule has 2 aliphatic rings. The lowest BCUT2D eigenvalue weighted by atomic mass is 10.1. The second-order valence-electron chi connectivity index (χ2n) is 5.48. The predicted molar refractivity (Wildman–Crippen MR) is 91.2 cm³/mol. The molecule has 0 amide bonds. The summed E-state index contributed by atoms with van der Waals surface area (Å²) in [5, 5.41) is 0.634. The minimum Gasteiger partial charge on any atom is -0.495 e. The Morgan fingerprint density at radius 2 is 2.05 bits per heavy atom. The van der Waals surface area contributed by atoms with Crippen LogP contribution in [0.3, 0.4) is 0 Å². The molecule has 7 heteroatoms. The number of hydrogen-bond acceptors (Lipinski definition) is 4. The van der Waals surface area contributed by atoms with Crippen molar-refractivity contribution in [2.75, 3.05) is 30.1 Å². The van der Waals surface area contributed by atoms with Gasteiger partial charge in [0.15, 0.2) is 14.9 Å². The molecule has 0 aromatic heterocycles.